The van der Waals surface area contributed by atoms with Crippen LogP contribution in [0.4, 0.5) is 0 Å². The van der Waals surface area contributed by atoms with Crippen molar-refractivity contribution in [2.24, 2.45) is 0 Å². The van der Waals surface area contributed by atoms with Crippen LogP contribution in [-0.4, -0.2) is 9.97 Å². The number of fused-ring (bicyclic) bond motifs is 1. The molecule has 0 aliphatic carbocycles. The summed E-state index contributed by atoms with van der Waals surface area (Å²) in [5.74, 6) is 0. The van der Waals surface area contributed by atoms with Gasteiger partial charge in [0.15, 0.2) is 0 Å². The highest BCUT2D eigenvalue weighted by molar-refractivity contribution is 5.81. The summed E-state index contributed by atoms with van der Waals surface area (Å²) in [5.41, 5.74) is 5.32. The fraction of sp³-hybridized carbons (Fsp3) is 0.125. The van der Waals surface area contributed by atoms with Crippen molar-refractivity contribution < 1.29 is 0 Å². The number of aryl methyl sites for hydroxylation is 2. The minimum absolute atomic E-state index is 0.926. The van der Waals surface area contributed by atoms with Gasteiger partial charge in [0.2, 0.25) is 0 Å². The summed E-state index contributed by atoms with van der Waals surface area (Å²) in [4.78, 5) is 9.04. The molecule has 0 spiro atoms. The normalized spacial score (nSPS) is 10.8. The summed E-state index contributed by atoms with van der Waals surface area (Å²) in [7, 11) is 0. The van der Waals surface area contributed by atoms with Crippen molar-refractivity contribution in [3.05, 3.63) is 59.8 Å². The number of hydrogen-bond donors (Lipinski definition) is 0. The zero-order chi connectivity index (χ0) is 12.5. The van der Waals surface area contributed by atoms with Crippen LogP contribution in [-0.2, 0) is 0 Å². The summed E-state index contributed by atoms with van der Waals surface area (Å²) in [6.45, 7) is 4.16. The monoisotopic (exact) mass is 234 g/mol. The summed E-state index contributed by atoms with van der Waals surface area (Å²) in [6, 6.07) is 14.5. The van der Waals surface area contributed by atoms with E-state index in [9.17, 15) is 0 Å². The second-order valence-corrected chi connectivity index (χ2v) is 4.61. The Balaban J connectivity index is 2.16. The number of hydrogen-bond acceptors (Lipinski definition) is 2. The predicted octanol–water partition coefficient (Wildman–Crippen LogP) is 3.91. The second kappa shape index (κ2) is 4.22. The van der Waals surface area contributed by atoms with Gasteiger partial charge in [-0.2, -0.15) is 0 Å². The molecule has 2 nitrogen and oxygen atoms in total. The SMILES string of the molecule is Cc1ccnc(-c2ccc3cc(C)ccc3n2)c1. The third kappa shape index (κ3) is 1.97. The average Bonchev–Trinajstić information content (AvgIpc) is 2.38. The molecule has 0 fully saturated rings. The molecule has 88 valence electrons. The minimum Gasteiger partial charge on any atom is -0.255 e. The molecule has 18 heavy (non-hydrogen) atoms. The van der Waals surface area contributed by atoms with Crippen LogP contribution < -0.4 is 0 Å². The first-order valence-corrected chi connectivity index (χ1v) is 6.03. The van der Waals surface area contributed by atoms with Gasteiger partial charge in [-0.3, -0.25) is 4.98 Å². The number of benzene rings is 1. The smallest absolute Gasteiger partial charge is 0.0893 e. The Bertz CT molecular complexity index is 717. The highest BCUT2D eigenvalue weighted by Gasteiger charge is 2.03. The molecule has 0 bridgehead atoms. The van der Waals surface area contributed by atoms with Gasteiger partial charge in [-0.05, 0) is 49.7 Å². The molecule has 0 aliphatic rings. The van der Waals surface area contributed by atoms with E-state index in [1.54, 1.807) is 0 Å². The van der Waals surface area contributed by atoms with E-state index >= 15 is 0 Å². The molecule has 1 aromatic carbocycles. The average molecular weight is 234 g/mol. The van der Waals surface area contributed by atoms with Gasteiger partial charge in [-0.15, -0.1) is 0 Å². The molecule has 0 atom stereocenters. The minimum atomic E-state index is 0.926. The van der Waals surface area contributed by atoms with Crippen LogP contribution in [0.15, 0.2) is 48.7 Å². The van der Waals surface area contributed by atoms with Gasteiger partial charge in [-0.25, -0.2) is 4.98 Å². The van der Waals surface area contributed by atoms with E-state index in [4.69, 9.17) is 0 Å². The van der Waals surface area contributed by atoms with Crippen LogP contribution in [0.25, 0.3) is 22.3 Å². The first kappa shape index (κ1) is 10.9. The fourth-order valence-electron chi connectivity index (χ4n) is 2.06. The Kier molecular flexibility index (Phi) is 2.56. The maximum Gasteiger partial charge on any atom is 0.0893 e. The molecule has 2 aromatic heterocycles. The van der Waals surface area contributed by atoms with Gasteiger partial charge in [0.05, 0.1) is 16.9 Å². The zero-order valence-corrected chi connectivity index (χ0v) is 10.5. The van der Waals surface area contributed by atoms with E-state index in [1.807, 2.05) is 18.3 Å². The molecular weight excluding hydrogens is 220 g/mol. The first-order chi connectivity index (χ1) is 8.72. The fourth-order valence-corrected chi connectivity index (χ4v) is 2.06. The van der Waals surface area contributed by atoms with Crippen LogP contribution in [0, 0.1) is 13.8 Å². The lowest BCUT2D eigenvalue weighted by Crippen LogP contribution is -1.89. The Hall–Kier alpha value is -2.22. The van der Waals surface area contributed by atoms with Crippen molar-refractivity contribution in [2.75, 3.05) is 0 Å². The van der Waals surface area contributed by atoms with Crippen LogP contribution in [0.1, 0.15) is 11.1 Å². The molecule has 3 aromatic rings. The predicted molar refractivity (Wildman–Crippen MR) is 74.4 cm³/mol. The summed E-state index contributed by atoms with van der Waals surface area (Å²) in [5, 5.41) is 1.17. The van der Waals surface area contributed by atoms with Crippen molar-refractivity contribution in [1.29, 1.82) is 0 Å². The lowest BCUT2D eigenvalue weighted by molar-refractivity contribution is 1.25. The van der Waals surface area contributed by atoms with Crippen LogP contribution in [0.2, 0.25) is 0 Å². The lowest BCUT2D eigenvalue weighted by Gasteiger charge is -2.04. The molecule has 3 rings (SSSR count). The van der Waals surface area contributed by atoms with Gasteiger partial charge in [0.25, 0.3) is 0 Å². The number of nitrogens with zero attached hydrogens (tertiary/aromatic N) is 2. The quantitative estimate of drug-likeness (QED) is 0.638. The molecule has 0 unspecified atom stereocenters. The highest BCUT2D eigenvalue weighted by atomic mass is 14.8. The van der Waals surface area contributed by atoms with Crippen molar-refractivity contribution in [3.8, 4) is 11.4 Å². The maximum atomic E-state index is 4.67. The van der Waals surface area contributed by atoms with Gasteiger partial charge in [0, 0.05) is 11.6 Å². The molecule has 0 N–H and O–H groups in total. The van der Waals surface area contributed by atoms with E-state index < -0.39 is 0 Å². The van der Waals surface area contributed by atoms with E-state index in [0.29, 0.717) is 0 Å². The molecule has 0 amide bonds. The van der Waals surface area contributed by atoms with Gasteiger partial charge in [0.1, 0.15) is 0 Å². The summed E-state index contributed by atoms with van der Waals surface area (Å²) < 4.78 is 0. The van der Waals surface area contributed by atoms with E-state index in [-0.39, 0.29) is 0 Å². The summed E-state index contributed by atoms with van der Waals surface area (Å²) >= 11 is 0. The number of aromatic nitrogens is 2. The molecule has 2 heteroatoms. The maximum absolute atomic E-state index is 4.67. The van der Waals surface area contributed by atoms with Crippen LogP contribution in [0.5, 0.6) is 0 Å². The third-order valence-corrected chi connectivity index (χ3v) is 3.02. The lowest BCUT2D eigenvalue weighted by atomic mass is 10.1. The summed E-state index contributed by atoms with van der Waals surface area (Å²) in [6.07, 6.45) is 1.83. The molecule has 0 radical (unpaired) electrons. The van der Waals surface area contributed by atoms with E-state index in [1.165, 1.54) is 16.5 Å². The Morgan fingerprint density at radius 3 is 2.44 bits per heavy atom. The second-order valence-electron chi connectivity index (χ2n) is 4.61. The third-order valence-electron chi connectivity index (χ3n) is 3.02. The molecule has 0 saturated carbocycles. The van der Waals surface area contributed by atoms with Crippen molar-refractivity contribution >= 4 is 10.9 Å². The molecular formula is C16H14N2. The van der Waals surface area contributed by atoms with Crippen molar-refractivity contribution in [2.45, 2.75) is 13.8 Å². The van der Waals surface area contributed by atoms with Crippen molar-refractivity contribution in [1.82, 2.24) is 9.97 Å². The standard InChI is InChI=1S/C16H14N2/c1-11-3-5-14-13(9-11)4-6-15(18-14)16-10-12(2)7-8-17-16/h3-10H,1-2H3. The van der Waals surface area contributed by atoms with Gasteiger partial charge >= 0.3 is 0 Å². The molecule has 0 saturated heterocycles. The number of pyridine rings is 2. The van der Waals surface area contributed by atoms with E-state index in [0.717, 1.165) is 16.9 Å². The Morgan fingerprint density at radius 1 is 0.778 bits per heavy atom. The number of rotatable bonds is 1. The highest BCUT2D eigenvalue weighted by Crippen LogP contribution is 2.20. The van der Waals surface area contributed by atoms with E-state index in [2.05, 4.69) is 54.1 Å². The van der Waals surface area contributed by atoms with Gasteiger partial charge < -0.3 is 0 Å². The van der Waals surface area contributed by atoms with Crippen LogP contribution >= 0.6 is 0 Å². The van der Waals surface area contributed by atoms with Gasteiger partial charge in [-0.1, -0.05) is 17.7 Å². The first-order valence-electron chi connectivity index (χ1n) is 6.03. The molecule has 2 heterocycles. The van der Waals surface area contributed by atoms with Crippen molar-refractivity contribution in [3.63, 3.8) is 0 Å². The Labute approximate surface area is 106 Å². The van der Waals surface area contributed by atoms with Crippen LogP contribution in [0.3, 0.4) is 0 Å². The largest absolute Gasteiger partial charge is 0.255 e. The zero-order valence-electron chi connectivity index (χ0n) is 10.5. The Morgan fingerprint density at radius 2 is 1.61 bits per heavy atom. The topological polar surface area (TPSA) is 25.8 Å². The molecule has 0 aliphatic heterocycles.